The summed E-state index contributed by atoms with van der Waals surface area (Å²) >= 11 is 0. The number of aliphatic hydroxyl groups excluding tert-OH is 2. The smallest absolute Gasteiger partial charge is 0.306 e. The first-order valence-electron chi connectivity index (χ1n) is 17.8. The van der Waals surface area contributed by atoms with Crippen LogP contribution in [0.15, 0.2) is 41.6 Å². The molecule has 4 aliphatic rings. The number of nitrogens with one attached hydrogen (secondary N) is 1. The molecule has 4 aliphatic carbocycles. The Morgan fingerprint density at radius 2 is 1.98 bits per heavy atom. The number of aromatic amines is 1. The van der Waals surface area contributed by atoms with Gasteiger partial charge in [0, 0.05) is 24.7 Å². The quantitative estimate of drug-likeness (QED) is 0.198. The fraction of sp³-hybridized carbons (Fsp3) is 0.737. The van der Waals surface area contributed by atoms with Crippen LogP contribution in [0.1, 0.15) is 136 Å². The first-order chi connectivity index (χ1) is 21.1. The number of ether oxygens (including phenoxy) is 1. The lowest BCUT2D eigenvalue weighted by molar-refractivity contribution is -0.152. The van der Waals surface area contributed by atoms with Gasteiger partial charge in [0.15, 0.2) is 0 Å². The van der Waals surface area contributed by atoms with Crippen molar-refractivity contribution < 1.29 is 19.7 Å². The topological polar surface area (TPSA) is 95.4 Å². The van der Waals surface area contributed by atoms with E-state index in [2.05, 4.69) is 51.4 Å². The number of fused-ring (bicyclic) bond motifs is 1. The van der Waals surface area contributed by atoms with Crippen molar-refractivity contribution in [2.45, 2.75) is 154 Å². The molecule has 0 radical (unpaired) electrons. The van der Waals surface area contributed by atoms with Gasteiger partial charge in [-0.3, -0.25) is 4.79 Å². The van der Waals surface area contributed by atoms with Crippen molar-refractivity contribution >= 4 is 5.97 Å². The van der Waals surface area contributed by atoms with Crippen LogP contribution in [0.3, 0.4) is 0 Å². The maximum atomic E-state index is 12.9. The number of imidazole rings is 1. The number of unbranched alkanes of at least 4 members (excludes halogenated alkanes) is 1. The second kappa shape index (κ2) is 14.1. The lowest BCUT2D eigenvalue weighted by atomic mass is 9.60. The van der Waals surface area contributed by atoms with Gasteiger partial charge in [-0.25, -0.2) is 4.98 Å². The summed E-state index contributed by atoms with van der Waals surface area (Å²) in [5.74, 6) is 2.73. The maximum absolute atomic E-state index is 12.9. The van der Waals surface area contributed by atoms with E-state index in [1.54, 1.807) is 0 Å². The number of aryl methyl sites for hydroxylation is 1. The predicted octanol–water partition coefficient (Wildman–Crippen LogP) is 8.05. The number of allylic oxidation sites excluding steroid dienone is 3. The van der Waals surface area contributed by atoms with E-state index in [0.29, 0.717) is 37.0 Å². The third-order valence-corrected chi connectivity index (χ3v) is 11.9. The molecule has 4 saturated carbocycles. The summed E-state index contributed by atoms with van der Waals surface area (Å²) in [7, 11) is 0. The average molecular weight is 607 g/mol. The van der Waals surface area contributed by atoms with E-state index < -0.39 is 12.2 Å². The van der Waals surface area contributed by atoms with Gasteiger partial charge in [-0.1, -0.05) is 64.8 Å². The average Bonchev–Trinajstić information content (AvgIpc) is 3.52. The Kier molecular flexibility index (Phi) is 10.6. The molecular weight excluding hydrogens is 548 g/mol. The third-order valence-electron chi connectivity index (χ3n) is 11.9. The standard InChI is InChI=1S/C38H58N2O4/c1-6-8-12-35(43)44-34(38(20-21-38)36-39-24-29(40-36)10-7-2)18-13-25(3)31-16-17-32-27(11-9-19-37(31,32)5)14-15-28-22-30(41)23-33(42)26(28)4/h14-15,24-25,30-34,41-42H,4,6-13,16-23H2,1-3,5H3,(H,39,40)/b27-14+,28-15-/t25-,30-,31-,32+,33+,34-,37-/m1/s1. The minimum absolute atomic E-state index is 0.0547. The number of rotatable bonds is 13. The largest absolute Gasteiger partial charge is 0.461 e. The zero-order valence-corrected chi connectivity index (χ0v) is 27.9. The lowest BCUT2D eigenvalue weighted by Gasteiger charge is -2.44. The van der Waals surface area contributed by atoms with Crippen LogP contribution >= 0.6 is 0 Å². The summed E-state index contributed by atoms with van der Waals surface area (Å²) in [6, 6.07) is 0. The molecule has 244 valence electrons. The molecule has 4 fully saturated rings. The number of carbonyl (C=O) groups excluding carboxylic acids is 1. The van der Waals surface area contributed by atoms with Gasteiger partial charge in [-0.2, -0.15) is 0 Å². The highest BCUT2D eigenvalue weighted by Gasteiger charge is 2.56. The second-order valence-corrected chi connectivity index (χ2v) is 15.0. The van der Waals surface area contributed by atoms with Crippen LogP contribution in [-0.2, 0) is 21.4 Å². The van der Waals surface area contributed by atoms with E-state index in [1.807, 2.05) is 6.20 Å². The summed E-state index contributed by atoms with van der Waals surface area (Å²) < 4.78 is 6.32. The van der Waals surface area contributed by atoms with E-state index in [1.165, 1.54) is 37.0 Å². The Morgan fingerprint density at radius 3 is 2.70 bits per heavy atom. The molecule has 0 amide bonds. The highest BCUT2D eigenvalue weighted by atomic mass is 16.5. The van der Waals surface area contributed by atoms with Crippen LogP contribution in [0.5, 0.6) is 0 Å². The number of aromatic nitrogens is 2. The van der Waals surface area contributed by atoms with E-state index in [0.717, 1.165) is 74.8 Å². The van der Waals surface area contributed by atoms with Crippen LogP contribution in [0.4, 0.5) is 0 Å². The molecule has 0 saturated heterocycles. The van der Waals surface area contributed by atoms with Crippen molar-refractivity contribution in [3.63, 3.8) is 0 Å². The highest BCUT2D eigenvalue weighted by molar-refractivity contribution is 5.69. The predicted molar refractivity (Wildman–Crippen MR) is 176 cm³/mol. The second-order valence-electron chi connectivity index (χ2n) is 15.0. The molecule has 3 N–H and O–H groups in total. The number of aliphatic hydroxyl groups is 2. The van der Waals surface area contributed by atoms with E-state index in [4.69, 9.17) is 9.72 Å². The summed E-state index contributed by atoms with van der Waals surface area (Å²) in [5, 5.41) is 20.5. The third kappa shape index (κ3) is 6.97. The summed E-state index contributed by atoms with van der Waals surface area (Å²) in [6.07, 6.45) is 20.6. The zero-order valence-electron chi connectivity index (χ0n) is 27.9. The molecule has 5 rings (SSSR count). The zero-order chi connectivity index (χ0) is 31.5. The highest BCUT2D eigenvalue weighted by Crippen LogP contribution is 2.60. The van der Waals surface area contributed by atoms with Crippen LogP contribution in [0.25, 0.3) is 0 Å². The first-order valence-corrected chi connectivity index (χ1v) is 17.8. The van der Waals surface area contributed by atoms with Crippen molar-refractivity contribution in [2.75, 3.05) is 0 Å². The van der Waals surface area contributed by atoms with Crippen molar-refractivity contribution in [3.8, 4) is 0 Å². The molecular formula is C38H58N2O4. The Morgan fingerprint density at radius 1 is 1.18 bits per heavy atom. The van der Waals surface area contributed by atoms with Gasteiger partial charge in [-0.15, -0.1) is 0 Å². The van der Waals surface area contributed by atoms with Crippen LogP contribution in [0, 0.1) is 23.2 Å². The minimum Gasteiger partial charge on any atom is -0.461 e. The monoisotopic (exact) mass is 606 g/mol. The van der Waals surface area contributed by atoms with Crippen LogP contribution in [0.2, 0.25) is 0 Å². The molecule has 0 spiro atoms. The van der Waals surface area contributed by atoms with E-state index in [-0.39, 0.29) is 22.9 Å². The summed E-state index contributed by atoms with van der Waals surface area (Å²) in [4.78, 5) is 21.3. The molecule has 1 aromatic heterocycles. The molecule has 6 heteroatoms. The van der Waals surface area contributed by atoms with Crippen molar-refractivity contribution in [1.29, 1.82) is 0 Å². The normalized spacial score (nSPS) is 32.9. The van der Waals surface area contributed by atoms with Gasteiger partial charge in [0.05, 0.1) is 17.6 Å². The fourth-order valence-corrected chi connectivity index (χ4v) is 9.14. The molecule has 0 aromatic carbocycles. The number of H-pyrrole nitrogens is 1. The summed E-state index contributed by atoms with van der Waals surface area (Å²) in [6.45, 7) is 13.4. The van der Waals surface area contributed by atoms with Crippen molar-refractivity contribution in [3.05, 3.63) is 53.2 Å². The minimum atomic E-state index is -0.646. The summed E-state index contributed by atoms with van der Waals surface area (Å²) in [5.41, 5.74) is 4.58. The molecule has 44 heavy (non-hydrogen) atoms. The Balaban J connectivity index is 1.28. The van der Waals surface area contributed by atoms with E-state index >= 15 is 0 Å². The number of hydrogen-bond donors (Lipinski definition) is 3. The fourth-order valence-electron chi connectivity index (χ4n) is 9.14. The van der Waals surface area contributed by atoms with Crippen molar-refractivity contribution in [2.24, 2.45) is 23.2 Å². The van der Waals surface area contributed by atoms with Gasteiger partial charge < -0.3 is 19.9 Å². The molecule has 1 heterocycles. The van der Waals surface area contributed by atoms with Gasteiger partial charge in [-0.05, 0) is 111 Å². The Hall–Kier alpha value is -2.18. The van der Waals surface area contributed by atoms with Gasteiger partial charge in [0.1, 0.15) is 11.9 Å². The number of hydrogen-bond acceptors (Lipinski definition) is 5. The molecule has 7 atom stereocenters. The Labute approximate surface area is 265 Å². The van der Waals surface area contributed by atoms with Crippen molar-refractivity contribution in [1.82, 2.24) is 9.97 Å². The SMILES string of the molecule is C=C1/C(=C\C=C2/CCC[C@]3(C)[C@@H]([C@H](C)CC[C@@H](OC(=O)CCCC)C4(c5ncc(CCC)[nH]5)CC4)CC[C@@H]23)C[C@@H](O)C[C@@H]1O. The number of carbonyl (C=O) groups is 1. The molecule has 0 unspecified atom stereocenters. The first kappa shape index (κ1) is 33.2. The lowest BCUT2D eigenvalue weighted by Crippen LogP contribution is -2.37. The molecule has 0 bridgehead atoms. The van der Waals surface area contributed by atoms with E-state index in [9.17, 15) is 15.0 Å². The molecule has 0 aliphatic heterocycles. The van der Waals surface area contributed by atoms with Gasteiger partial charge in [0.2, 0.25) is 0 Å². The maximum Gasteiger partial charge on any atom is 0.306 e. The number of nitrogens with zero attached hydrogens (tertiary/aromatic N) is 1. The Bertz CT molecular complexity index is 1230. The number of esters is 1. The van der Waals surface area contributed by atoms with Gasteiger partial charge in [0.25, 0.3) is 0 Å². The molecule has 6 nitrogen and oxygen atoms in total. The van der Waals surface area contributed by atoms with Gasteiger partial charge >= 0.3 is 5.97 Å². The van der Waals surface area contributed by atoms with Crippen LogP contribution < -0.4 is 0 Å². The van der Waals surface area contributed by atoms with Crippen LogP contribution in [-0.4, -0.2) is 44.5 Å². The molecule has 1 aromatic rings.